The molecule has 0 aliphatic rings. The Morgan fingerprint density at radius 3 is 2.73 bits per heavy atom. The highest BCUT2D eigenvalue weighted by atomic mass is 32.2. The van der Waals surface area contributed by atoms with E-state index in [1.807, 2.05) is 18.2 Å². The monoisotopic (exact) mass is 337 g/mol. The molecule has 0 saturated heterocycles. The fourth-order valence-corrected chi connectivity index (χ4v) is 2.92. The van der Waals surface area contributed by atoms with Crippen molar-refractivity contribution in [2.24, 2.45) is 0 Å². The minimum absolute atomic E-state index is 0.0265. The van der Waals surface area contributed by atoms with Gasteiger partial charge in [0.2, 0.25) is 15.9 Å². The molecule has 1 heterocycles. The van der Waals surface area contributed by atoms with Gasteiger partial charge in [-0.1, -0.05) is 30.3 Å². The molecule has 0 saturated carbocycles. The molecule has 116 valence electrons. The van der Waals surface area contributed by atoms with Crippen molar-refractivity contribution in [3.8, 4) is 0 Å². The van der Waals surface area contributed by atoms with Crippen molar-refractivity contribution in [1.82, 2.24) is 9.71 Å². The SMILES string of the molecule is O=C(CCNS(=O)(=O)/C=C/c1ccccc1)Nc1nccs1. The summed E-state index contributed by atoms with van der Waals surface area (Å²) in [6.07, 6.45) is 3.12. The quantitative estimate of drug-likeness (QED) is 0.809. The highest BCUT2D eigenvalue weighted by Gasteiger charge is 2.08. The predicted molar refractivity (Wildman–Crippen MR) is 87.8 cm³/mol. The van der Waals surface area contributed by atoms with Crippen molar-refractivity contribution < 1.29 is 13.2 Å². The van der Waals surface area contributed by atoms with Crippen LogP contribution in [-0.2, 0) is 14.8 Å². The van der Waals surface area contributed by atoms with Crippen LogP contribution in [-0.4, -0.2) is 25.9 Å². The lowest BCUT2D eigenvalue weighted by molar-refractivity contribution is -0.116. The van der Waals surface area contributed by atoms with Gasteiger partial charge in [0.15, 0.2) is 5.13 Å². The third-order valence-corrected chi connectivity index (χ3v) is 4.36. The topological polar surface area (TPSA) is 88.2 Å². The molecule has 22 heavy (non-hydrogen) atoms. The lowest BCUT2D eigenvalue weighted by Gasteiger charge is -2.03. The van der Waals surface area contributed by atoms with Gasteiger partial charge in [0.05, 0.1) is 0 Å². The van der Waals surface area contributed by atoms with Crippen molar-refractivity contribution in [3.63, 3.8) is 0 Å². The summed E-state index contributed by atoms with van der Waals surface area (Å²) in [6, 6.07) is 9.09. The summed E-state index contributed by atoms with van der Waals surface area (Å²) in [5.41, 5.74) is 0.786. The summed E-state index contributed by atoms with van der Waals surface area (Å²) >= 11 is 1.30. The minimum atomic E-state index is -3.56. The van der Waals surface area contributed by atoms with Crippen molar-refractivity contribution in [2.45, 2.75) is 6.42 Å². The van der Waals surface area contributed by atoms with Gasteiger partial charge in [-0.15, -0.1) is 11.3 Å². The Morgan fingerprint density at radius 2 is 2.05 bits per heavy atom. The molecule has 0 fully saturated rings. The van der Waals surface area contributed by atoms with Gasteiger partial charge in [0.25, 0.3) is 0 Å². The van der Waals surface area contributed by atoms with E-state index in [0.29, 0.717) is 5.13 Å². The molecular formula is C14H15N3O3S2. The molecule has 2 N–H and O–H groups in total. The van der Waals surface area contributed by atoms with Crippen molar-refractivity contribution in [3.05, 3.63) is 52.9 Å². The minimum Gasteiger partial charge on any atom is -0.302 e. The first kappa shape index (κ1) is 16.3. The van der Waals surface area contributed by atoms with Gasteiger partial charge in [-0.3, -0.25) is 4.79 Å². The number of rotatable bonds is 7. The zero-order valence-corrected chi connectivity index (χ0v) is 13.2. The molecule has 0 aliphatic carbocycles. The van der Waals surface area contributed by atoms with Crippen LogP contribution in [0.25, 0.3) is 6.08 Å². The molecule has 0 aliphatic heterocycles. The fraction of sp³-hybridized carbons (Fsp3) is 0.143. The number of benzene rings is 1. The Bertz CT molecular complexity index is 726. The molecular weight excluding hydrogens is 322 g/mol. The fourth-order valence-electron chi connectivity index (χ4n) is 1.55. The van der Waals surface area contributed by atoms with Crippen LogP contribution < -0.4 is 10.0 Å². The van der Waals surface area contributed by atoms with Gasteiger partial charge in [-0.2, -0.15) is 0 Å². The number of sulfonamides is 1. The number of aromatic nitrogens is 1. The van der Waals surface area contributed by atoms with Crippen molar-refractivity contribution in [1.29, 1.82) is 0 Å². The number of hydrogen-bond acceptors (Lipinski definition) is 5. The van der Waals surface area contributed by atoms with E-state index in [4.69, 9.17) is 0 Å². The van der Waals surface area contributed by atoms with E-state index in [0.717, 1.165) is 11.0 Å². The third kappa shape index (κ3) is 5.76. The van der Waals surface area contributed by atoms with Gasteiger partial charge < -0.3 is 5.32 Å². The second-order valence-electron chi connectivity index (χ2n) is 4.29. The van der Waals surface area contributed by atoms with Gasteiger partial charge in [0.1, 0.15) is 0 Å². The summed E-state index contributed by atoms with van der Waals surface area (Å²) in [4.78, 5) is 15.5. The highest BCUT2D eigenvalue weighted by molar-refractivity contribution is 7.92. The van der Waals surface area contributed by atoms with E-state index >= 15 is 0 Å². The first-order valence-corrected chi connectivity index (χ1v) is 8.90. The normalized spacial score (nSPS) is 11.6. The maximum absolute atomic E-state index is 11.8. The lowest BCUT2D eigenvalue weighted by atomic mass is 10.2. The van der Waals surface area contributed by atoms with E-state index in [2.05, 4.69) is 15.0 Å². The maximum atomic E-state index is 11.8. The van der Waals surface area contributed by atoms with Gasteiger partial charge >= 0.3 is 0 Å². The maximum Gasteiger partial charge on any atom is 0.233 e. The average molecular weight is 337 g/mol. The van der Waals surface area contributed by atoms with Crippen LogP contribution in [0.2, 0.25) is 0 Å². The first-order valence-electron chi connectivity index (χ1n) is 6.47. The van der Waals surface area contributed by atoms with E-state index in [1.54, 1.807) is 23.7 Å². The van der Waals surface area contributed by atoms with E-state index < -0.39 is 10.0 Å². The van der Waals surface area contributed by atoms with Crippen LogP contribution in [0.3, 0.4) is 0 Å². The van der Waals surface area contributed by atoms with Gasteiger partial charge in [-0.25, -0.2) is 18.1 Å². The largest absolute Gasteiger partial charge is 0.302 e. The number of anilines is 1. The Kier molecular flexibility index (Phi) is 5.82. The second kappa shape index (κ2) is 7.83. The third-order valence-electron chi connectivity index (χ3n) is 2.57. The Morgan fingerprint density at radius 1 is 1.27 bits per heavy atom. The zero-order chi connectivity index (χ0) is 15.8. The molecule has 0 bridgehead atoms. The van der Waals surface area contributed by atoms with Crippen LogP contribution >= 0.6 is 11.3 Å². The molecule has 6 nitrogen and oxygen atoms in total. The van der Waals surface area contributed by atoms with Crippen molar-refractivity contribution in [2.75, 3.05) is 11.9 Å². The zero-order valence-electron chi connectivity index (χ0n) is 11.6. The van der Waals surface area contributed by atoms with E-state index in [1.165, 1.54) is 17.4 Å². The first-order chi connectivity index (χ1) is 10.6. The molecule has 2 rings (SSSR count). The molecule has 1 aromatic heterocycles. The van der Waals surface area contributed by atoms with Gasteiger partial charge in [-0.05, 0) is 11.6 Å². The van der Waals surface area contributed by atoms with Crippen LogP contribution in [0.4, 0.5) is 5.13 Å². The summed E-state index contributed by atoms with van der Waals surface area (Å²) < 4.78 is 25.9. The Balaban J connectivity index is 1.78. The molecule has 0 atom stereocenters. The smallest absolute Gasteiger partial charge is 0.233 e. The second-order valence-corrected chi connectivity index (χ2v) is 6.83. The Labute approximate surface area is 133 Å². The number of nitrogens with one attached hydrogen (secondary N) is 2. The number of thiazole rings is 1. The predicted octanol–water partition coefficient (Wildman–Crippen LogP) is 2.06. The average Bonchev–Trinajstić information content (AvgIpc) is 2.99. The van der Waals surface area contributed by atoms with Crippen LogP contribution in [0.1, 0.15) is 12.0 Å². The highest BCUT2D eigenvalue weighted by Crippen LogP contribution is 2.10. The number of hydrogen-bond donors (Lipinski definition) is 2. The molecule has 0 unspecified atom stereocenters. The van der Waals surface area contributed by atoms with Crippen LogP contribution in [0.5, 0.6) is 0 Å². The molecule has 0 radical (unpaired) electrons. The number of carbonyl (C=O) groups excluding carboxylic acids is 1. The number of amides is 1. The molecule has 2 aromatic rings. The van der Waals surface area contributed by atoms with Gasteiger partial charge in [0, 0.05) is 30.0 Å². The van der Waals surface area contributed by atoms with E-state index in [9.17, 15) is 13.2 Å². The summed E-state index contributed by atoms with van der Waals surface area (Å²) in [6.45, 7) is 0.0265. The van der Waals surface area contributed by atoms with Crippen LogP contribution in [0.15, 0.2) is 47.3 Å². The molecule has 0 spiro atoms. The Hall–Kier alpha value is -2.03. The van der Waals surface area contributed by atoms with Crippen LogP contribution in [0, 0.1) is 0 Å². The summed E-state index contributed by atoms with van der Waals surface area (Å²) in [5.74, 6) is -0.287. The molecule has 8 heteroatoms. The molecule has 1 amide bonds. The van der Waals surface area contributed by atoms with Crippen molar-refractivity contribution >= 4 is 38.5 Å². The summed E-state index contributed by atoms with van der Waals surface area (Å²) in [5, 5.41) is 5.91. The standard InChI is InChI=1S/C14H15N3O3S2/c18-13(17-14-15-9-10-21-14)6-8-16-22(19,20)11-7-12-4-2-1-3-5-12/h1-5,7,9-11,16H,6,8H2,(H,15,17,18)/b11-7+. The molecule has 1 aromatic carbocycles. The number of carbonyl (C=O) groups is 1. The summed E-state index contributed by atoms with van der Waals surface area (Å²) in [7, 11) is -3.56. The number of nitrogens with zero attached hydrogens (tertiary/aromatic N) is 1. The lowest BCUT2D eigenvalue weighted by Crippen LogP contribution is -2.26. The van der Waals surface area contributed by atoms with E-state index in [-0.39, 0.29) is 18.9 Å².